The molecule has 1 aromatic heterocycles. The van der Waals surface area contributed by atoms with E-state index in [0.29, 0.717) is 27.2 Å². The van der Waals surface area contributed by atoms with Crippen molar-refractivity contribution in [2.75, 3.05) is 5.32 Å². The standard InChI is InChI=1S/C14H11Cl2N3O/c15-10-3-4-11(16)12(5-10)19-14(20)9-6-17-13(18-7-9)8-1-2-8/h3-8H,1-2H2,(H,19,20). The van der Waals surface area contributed by atoms with E-state index in [4.69, 9.17) is 23.2 Å². The van der Waals surface area contributed by atoms with Crippen molar-refractivity contribution in [1.82, 2.24) is 9.97 Å². The molecule has 4 nitrogen and oxygen atoms in total. The molecular formula is C14H11Cl2N3O. The summed E-state index contributed by atoms with van der Waals surface area (Å²) < 4.78 is 0. The molecule has 0 saturated heterocycles. The van der Waals surface area contributed by atoms with Crippen molar-refractivity contribution in [2.45, 2.75) is 18.8 Å². The highest BCUT2D eigenvalue weighted by Crippen LogP contribution is 2.37. The maximum Gasteiger partial charge on any atom is 0.258 e. The quantitative estimate of drug-likeness (QED) is 0.935. The topological polar surface area (TPSA) is 54.9 Å². The van der Waals surface area contributed by atoms with Crippen LogP contribution < -0.4 is 5.32 Å². The number of carbonyl (C=O) groups excluding carboxylic acids is 1. The summed E-state index contributed by atoms with van der Waals surface area (Å²) in [6.45, 7) is 0. The molecular weight excluding hydrogens is 297 g/mol. The van der Waals surface area contributed by atoms with E-state index in [1.54, 1.807) is 18.2 Å². The normalized spacial score (nSPS) is 14.1. The molecule has 0 atom stereocenters. The van der Waals surface area contributed by atoms with E-state index in [1.807, 2.05) is 0 Å². The average molecular weight is 308 g/mol. The number of hydrogen-bond acceptors (Lipinski definition) is 3. The van der Waals surface area contributed by atoms with Gasteiger partial charge in [0.25, 0.3) is 5.91 Å². The summed E-state index contributed by atoms with van der Waals surface area (Å²) in [5.41, 5.74) is 0.862. The van der Waals surface area contributed by atoms with Gasteiger partial charge in [0, 0.05) is 23.3 Å². The zero-order valence-corrected chi connectivity index (χ0v) is 11.9. The molecule has 0 spiro atoms. The predicted octanol–water partition coefficient (Wildman–Crippen LogP) is 3.91. The molecule has 1 saturated carbocycles. The minimum atomic E-state index is -0.309. The van der Waals surface area contributed by atoms with E-state index in [-0.39, 0.29) is 5.91 Å². The summed E-state index contributed by atoms with van der Waals surface area (Å²) in [4.78, 5) is 20.5. The van der Waals surface area contributed by atoms with E-state index >= 15 is 0 Å². The van der Waals surface area contributed by atoms with Crippen LogP contribution in [0.4, 0.5) is 5.69 Å². The highest BCUT2D eigenvalue weighted by atomic mass is 35.5. The lowest BCUT2D eigenvalue weighted by Crippen LogP contribution is -2.13. The fraction of sp³-hybridized carbons (Fsp3) is 0.214. The van der Waals surface area contributed by atoms with Crippen LogP contribution in [-0.4, -0.2) is 15.9 Å². The number of anilines is 1. The van der Waals surface area contributed by atoms with Crippen LogP contribution in [0.1, 0.15) is 34.9 Å². The Hall–Kier alpha value is -1.65. The summed E-state index contributed by atoms with van der Waals surface area (Å²) in [5, 5.41) is 3.63. The number of nitrogens with one attached hydrogen (secondary N) is 1. The Balaban J connectivity index is 1.76. The second-order valence-electron chi connectivity index (χ2n) is 4.68. The second kappa shape index (κ2) is 5.38. The molecule has 20 heavy (non-hydrogen) atoms. The molecule has 6 heteroatoms. The molecule has 0 bridgehead atoms. The Morgan fingerprint density at radius 1 is 1.20 bits per heavy atom. The van der Waals surface area contributed by atoms with Gasteiger partial charge in [-0.3, -0.25) is 4.79 Å². The van der Waals surface area contributed by atoms with Crippen LogP contribution in [0.25, 0.3) is 0 Å². The van der Waals surface area contributed by atoms with Gasteiger partial charge < -0.3 is 5.32 Å². The number of aromatic nitrogens is 2. The Labute approximate surface area is 126 Å². The minimum Gasteiger partial charge on any atom is -0.320 e. The Morgan fingerprint density at radius 3 is 2.55 bits per heavy atom. The average Bonchev–Trinajstić information content (AvgIpc) is 3.27. The van der Waals surface area contributed by atoms with E-state index in [2.05, 4.69) is 15.3 Å². The number of hydrogen-bond donors (Lipinski definition) is 1. The summed E-state index contributed by atoms with van der Waals surface area (Å²) in [7, 11) is 0. The van der Waals surface area contributed by atoms with Crippen LogP contribution in [0.5, 0.6) is 0 Å². The highest BCUT2D eigenvalue weighted by Gasteiger charge is 2.26. The maximum atomic E-state index is 12.1. The van der Waals surface area contributed by atoms with Gasteiger partial charge >= 0.3 is 0 Å². The monoisotopic (exact) mass is 307 g/mol. The van der Waals surface area contributed by atoms with Crippen molar-refractivity contribution in [3.8, 4) is 0 Å². The summed E-state index contributed by atoms with van der Waals surface area (Å²) in [6, 6.07) is 4.89. The first-order valence-electron chi connectivity index (χ1n) is 6.22. The molecule has 1 aliphatic rings. The van der Waals surface area contributed by atoms with Crippen molar-refractivity contribution >= 4 is 34.8 Å². The maximum absolute atomic E-state index is 12.1. The molecule has 1 aliphatic carbocycles. The van der Waals surface area contributed by atoms with Gasteiger partial charge in [-0.05, 0) is 31.0 Å². The fourth-order valence-electron chi connectivity index (χ4n) is 1.80. The molecule has 0 aliphatic heterocycles. The number of amides is 1. The van der Waals surface area contributed by atoms with E-state index in [0.717, 1.165) is 18.7 Å². The van der Waals surface area contributed by atoms with Gasteiger partial charge in [0.1, 0.15) is 5.82 Å². The summed E-state index contributed by atoms with van der Waals surface area (Å²) >= 11 is 11.9. The fourth-order valence-corrected chi connectivity index (χ4v) is 2.13. The molecule has 2 aromatic rings. The molecule has 1 N–H and O–H groups in total. The second-order valence-corrected chi connectivity index (χ2v) is 5.53. The summed E-state index contributed by atoms with van der Waals surface area (Å²) in [6.07, 6.45) is 5.33. The number of benzene rings is 1. The van der Waals surface area contributed by atoms with Crippen molar-refractivity contribution < 1.29 is 4.79 Å². The van der Waals surface area contributed by atoms with Crippen LogP contribution in [-0.2, 0) is 0 Å². The van der Waals surface area contributed by atoms with Crippen LogP contribution in [0.15, 0.2) is 30.6 Å². The van der Waals surface area contributed by atoms with Gasteiger partial charge in [-0.2, -0.15) is 0 Å². The van der Waals surface area contributed by atoms with Crippen LogP contribution >= 0.6 is 23.2 Å². The minimum absolute atomic E-state index is 0.309. The molecule has 3 rings (SSSR count). The lowest BCUT2D eigenvalue weighted by atomic mass is 10.2. The molecule has 102 valence electrons. The van der Waals surface area contributed by atoms with Gasteiger partial charge in [-0.1, -0.05) is 23.2 Å². The third-order valence-corrected chi connectivity index (χ3v) is 3.62. The molecule has 1 amide bonds. The van der Waals surface area contributed by atoms with Gasteiger partial charge in [-0.25, -0.2) is 9.97 Å². The zero-order chi connectivity index (χ0) is 14.1. The van der Waals surface area contributed by atoms with Gasteiger partial charge in [0.05, 0.1) is 16.3 Å². The van der Waals surface area contributed by atoms with Crippen molar-refractivity contribution in [2.24, 2.45) is 0 Å². The van der Waals surface area contributed by atoms with E-state index in [9.17, 15) is 4.79 Å². The summed E-state index contributed by atoms with van der Waals surface area (Å²) in [5.74, 6) is 0.966. The smallest absolute Gasteiger partial charge is 0.258 e. The molecule has 0 unspecified atom stereocenters. The van der Waals surface area contributed by atoms with Crippen LogP contribution in [0.2, 0.25) is 10.0 Å². The number of nitrogens with zero attached hydrogens (tertiary/aromatic N) is 2. The van der Waals surface area contributed by atoms with Crippen molar-refractivity contribution in [1.29, 1.82) is 0 Å². The SMILES string of the molecule is O=C(Nc1cc(Cl)ccc1Cl)c1cnc(C2CC2)nc1. The van der Waals surface area contributed by atoms with Gasteiger partial charge in [-0.15, -0.1) is 0 Å². The highest BCUT2D eigenvalue weighted by molar-refractivity contribution is 6.35. The molecule has 0 radical (unpaired) electrons. The van der Waals surface area contributed by atoms with E-state index < -0.39 is 0 Å². The number of carbonyl (C=O) groups is 1. The number of rotatable bonds is 3. The van der Waals surface area contributed by atoms with Crippen molar-refractivity contribution in [3.05, 3.63) is 52.0 Å². The van der Waals surface area contributed by atoms with E-state index in [1.165, 1.54) is 12.4 Å². The molecule has 1 fully saturated rings. The number of halogens is 2. The van der Waals surface area contributed by atoms with Crippen LogP contribution in [0, 0.1) is 0 Å². The van der Waals surface area contributed by atoms with Gasteiger partial charge in [0.15, 0.2) is 0 Å². The zero-order valence-electron chi connectivity index (χ0n) is 10.4. The lowest BCUT2D eigenvalue weighted by molar-refractivity contribution is 0.102. The molecule has 1 aromatic carbocycles. The predicted molar refractivity (Wildman–Crippen MR) is 78.4 cm³/mol. The largest absolute Gasteiger partial charge is 0.320 e. The lowest BCUT2D eigenvalue weighted by Gasteiger charge is -2.07. The third kappa shape index (κ3) is 2.92. The van der Waals surface area contributed by atoms with Crippen LogP contribution in [0.3, 0.4) is 0 Å². The van der Waals surface area contributed by atoms with Crippen molar-refractivity contribution in [3.63, 3.8) is 0 Å². The van der Waals surface area contributed by atoms with Gasteiger partial charge in [0.2, 0.25) is 0 Å². The Kier molecular flexibility index (Phi) is 3.59. The third-order valence-electron chi connectivity index (χ3n) is 3.05. The first-order valence-corrected chi connectivity index (χ1v) is 6.97. The first kappa shape index (κ1) is 13.3. The molecule has 1 heterocycles. The Bertz CT molecular complexity index is 654. The first-order chi connectivity index (χ1) is 9.63. The Morgan fingerprint density at radius 2 is 1.90 bits per heavy atom.